The van der Waals surface area contributed by atoms with Gasteiger partial charge in [0.1, 0.15) is 6.04 Å². The second kappa shape index (κ2) is 7.49. The number of carbonyl (C=O) groups is 3. The molecule has 0 aromatic heterocycles. The summed E-state index contributed by atoms with van der Waals surface area (Å²) in [5.41, 5.74) is 0.814. The maximum Gasteiger partial charge on any atom is 0.326 e. The average Bonchev–Trinajstić information content (AvgIpc) is 2.74. The minimum Gasteiger partial charge on any atom is -0.335 e. The number of amides is 4. The summed E-state index contributed by atoms with van der Waals surface area (Å²) >= 11 is 6.15. The van der Waals surface area contributed by atoms with E-state index in [1.165, 1.54) is 19.0 Å². The third kappa shape index (κ3) is 3.59. The number of halogens is 1. The molecule has 1 aromatic rings. The van der Waals surface area contributed by atoms with Gasteiger partial charge >= 0.3 is 6.03 Å². The maximum absolute atomic E-state index is 12.6. The van der Waals surface area contributed by atoms with Crippen LogP contribution in [0.15, 0.2) is 36.9 Å². The molecule has 0 N–H and O–H groups in total. The normalized spacial score (nSPS) is 17.4. The van der Waals surface area contributed by atoms with Crippen molar-refractivity contribution in [3.63, 3.8) is 0 Å². The van der Waals surface area contributed by atoms with Gasteiger partial charge < -0.3 is 9.80 Å². The van der Waals surface area contributed by atoms with Crippen LogP contribution in [0.3, 0.4) is 0 Å². The molecule has 1 fully saturated rings. The van der Waals surface area contributed by atoms with Crippen LogP contribution in [0, 0.1) is 0 Å². The van der Waals surface area contributed by atoms with Gasteiger partial charge in [0, 0.05) is 32.2 Å². The monoisotopic (exact) mass is 349 g/mol. The highest BCUT2D eigenvalue weighted by Gasteiger charge is 2.42. The Kier molecular flexibility index (Phi) is 5.62. The standard InChI is InChI=1S/C17H20ClN3O3/c1-4-9-21(11-12-7-5-6-8-13(12)18)15(22)10-14-16(23)20(3)17(24)19(14)2/h4-8,14H,1,9-11H2,2-3H3/t14-/m1/s1. The molecule has 2 rings (SSSR count). The molecule has 1 aromatic carbocycles. The number of urea groups is 1. The quantitative estimate of drug-likeness (QED) is 0.584. The van der Waals surface area contributed by atoms with Crippen LogP contribution in [0.25, 0.3) is 0 Å². The number of likely N-dealkylation sites (N-methyl/N-ethyl adjacent to an activating group) is 2. The lowest BCUT2D eigenvalue weighted by atomic mass is 10.1. The van der Waals surface area contributed by atoms with Gasteiger partial charge in [0.05, 0.1) is 6.42 Å². The first-order chi connectivity index (χ1) is 11.4. The number of hydrogen-bond acceptors (Lipinski definition) is 3. The Hall–Kier alpha value is -2.34. The lowest BCUT2D eigenvalue weighted by Gasteiger charge is -2.24. The highest BCUT2D eigenvalue weighted by atomic mass is 35.5. The molecule has 0 bridgehead atoms. The van der Waals surface area contributed by atoms with Crippen molar-refractivity contribution in [2.75, 3.05) is 20.6 Å². The molecule has 24 heavy (non-hydrogen) atoms. The first-order valence-electron chi connectivity index (χ1n) is 7.53. The number of hydrogen-bond donors (Lipinski definition) is 0. The molecule has 1 atom stereocenters. The molecular weight excluding hydrogens is 330 g/mol. The fraction of sp³-hybridized carbons (Fsp3) is 0.353. The molecule has 4 amide bonds. The van der Waals surface area contributed by atoms with Crippen molar-refractivity contribution in [2.45, 2.75) is 19.0 Å². The van der Waals surface area contributed by atoms with Crippen LogP contribution < -0.4 is 0 Å². The summed E-state index contributed by atoms with van der Waals surface area (Å²) in [5, 5.41) is 0.573. The maximum atomic E-state index is 12.6. The van der Waals surface area contributed by atoms with Crippen molar-refractivity contribution in [2.24, 2.45) is 0 Å². The molecule has 0 spiro atoms. The number of rotatable bonds is 6. The molecule has 1 aliphatic rings. The Morgan fingerprint density at radius 1 is 1.33 bits per heavy atom. The van der Waals surface area contributed by atoms with E-state index >= 15 is 0 Å². The Morgan fingerprint density at radius 2 is 2.00 bits per heavy atom. The second-order valence-electron chi connectivity index (χ2n) is 5.67. The zero-order chi connectivity index (χ0) is 17.9. The molecule has 0 unspecified atom stereocenters. The zero-order valence-corrected chi connectivity index (χ0v) is 14.5. The molecule has 1 saturated heterocycles. The Bertz CT molecular complexity index is 677. The van der Waals surface area contributed by atoms with E-state index in [9.17, 15) is 14.4 Å². The van der Waals surface area contributed by atoms with Crippen molar-refractivity contribution in [3.8, 4) is 0 Å². The van der Waals surface area contributed by atoms with Gasteiger partial charge in [-0.3, -0.25) is 14.5 Å². The Balaban J connectivity index is 2.12. The summed E-state index contributed by atoms with van der Waals surface area (Å²) in [4.78, 5) is 40.4. The van der Waals surface area contributed by atoms with Gasteiger partial charge in [0.15, 0.2) is 0 Å². The highest BCUT2D eigenvalue weighted by molar-refractivity contribution is 6.31. The Labute approximate surface area is 146 Å². The summed E-state index contributed by atoms with van der Waals surface area (Å²) in [7, 11) is 2.93. The number of imide groups is 1. The van der Waals surface area contributed by atoms with Crippen molar-refractivity contribution >= 4 is 29.4 Å². The van der Waals surface area contributed by atoms with Crippen LogP contribution in [0.5, 0.6) is 0 Å². The largest absolute Gasteiger partial charge is 0.335 e. The van der Waals surface area contributed by atoms with E-state index in [0.717, 1.165) is 10.5 Å². The third-order valence-corrected chi connectivity index (χ3v) is 4.43. The molecule has 1 heterocycles. The fourth-order valence-electron chi connectivity index (χ4n) is 2.61. The van der Waals surface area contributed by atoms with Gasteiger partial charge in [-0.15, -0.1) is 6.58 Å². The molecule has 1 aliphatic heterocycles. The first-order valence-corrected chi connectivity index (χ1v) is 7.91. The molecular formula is C17H20ClN3O3. The number of benzene rings is 1. The van der Waals surface area contributed by atoms with Crippen molar-refractivity contribution in [1.29, 1.82) is 0 Å². The van der Waals surface area contributed by atoms with E-state index in [1.807, 2.05) is 18.2 Å². The summed E-state index contributed by atoms with van der Waals surface area (Å²) in [6.07, 6.45) is 1.55. The number of nitrogens with zero attached hydrogens (tertiary/aromatic N) is 3. The lowest BCUT2D eigenvalue weighted by molar-refractivity contribution is -0.136. The smallest absolute Gasteiger partial charge is 0.326 e. The molecule has 0 radical (unpaired) electrons. The fourth-order valence-corrected chi connectivity index (χ4v) is 2.81. The number of carbonyl (C=O) groups excluding carboxylic acids is 3. The summed E-state index contributed by atoms with van der Waals surface area (Å²) < 4.78 is 0. The Morgan fingerprint density at radius 3 is 2.54 bits per heavy atom. The van der Waals surface area contributed by atoms with Crippen LogP contribution in [0.4, 0.5) is 4.79 Å². The molecule has 6 nitrogen and oxygen atoms in total. The predicted molar refractivity (Wildman–Crippen MR) is 91.4 cm³/mol. The van der Waals surface area contributed by atoms with E-state index in [4.69, 9.17) is 11.6 Å². The topological polar surface area (TPSA) is 60.9 Å². The van der Waals surface area contributed by atoms with Crippen molar-refractivity contribution in [1.82, 2.24) is 14.7 Å². The van der Waals surface area contributed by atoms with E-state index < -0.39 is 12.1 Å². The predicted octanol–water partition coefficient (Wildman–Crippen LogP) is 2.14. The highest BCUT2D eigenvalue weighted by Crippen LogP contribution is 2.20. The van der Waals surface area contributed by atoms with Crippen LogP contribution in [0.1, 0.15) is 12.0 Å². The van der Waals surface area contributed by atoms with Crippen LogP contribution in [-0.4, -0.2) is 59.2 Å². The zero-order valence-electron chi connectivity index (χ0n) is 13.7. The van der Waals surface area contributed by atoms with Crippen LogP contribution in [-0.2, 0) is 16.1 Å². The van der Waals surface area contributed by atoms with E-state index in [0.29, 0.717) is 18.1 Å². The van der Waals surface area contributed by atoms with Gasteiger partial charge in [-0.2, -0.15) is 0 Å². The van der Waals surface area contributed by atoms with Gasteiger partial charge in [-0.1, -0.05) is 35.9 Å². The lowest BCUT2D eigenvalue weighted by Crippen LogP contribution is -2.39. The summed E-state index contributed by atoms with van der Waals surface area (Å²) in [6, 6.07) is 6.09. The third-order valence-electron chi connectivity index (χ3n) is 4.06. The van der Waals surface area contributed by atoms with Crippen LogP contribution >= 0.6 is 11.6 Å². The van der Waals surface area contributed by atoms with Gasteiger partial charge in [-0.05, 0) is 11.6 Å². The average molecular weight is 350 g/mol. The summed E-state index contributed by atoms with van der Waals surface area (Å²) in [5.74, 6) is -0.602. The minimum absolute atomic E-state index is 0.0658. The minimum atomic E-state index is -0.770. The summed E-state index contributed by atoms with van der Waals surface area (Å²) in [6.45, 7) is 4.32. The second-order valence-corrected chi connectivity index (χ2v) is 6.07. The van der Waals surface area contributed by atoms with Gasteiger partial charge in [-0.25, -0.2) is 4.79 Å². The molecule has 0 saturated carbocycles. The van der Waals surface area contributed by atoms with Crippen molar-refractivity contribution in [3.05, 3.63) is 47.5 Å². The van der Waals surface area contributed by atoms with Gasteiger partial charge in [0.25, 0.3) is 5.91 Å². The molecule has 7 heteroatoms. The van der Waals surface area contributed by atoms with Gasteiger partial charge in [0.2, 0.25) is 5.91 Å². The van der Waals surface area contributed by atoms with E-state index in [-0.39, 0.29) is 18.2 Å². The van der Waals surface area contributed by atoms with E-state index in [2.05, 4.69) is 6.58 Å². The van der Waals surface area contributed by atoms with Crippen LogP contribution in [0.2, 0.25) is 5.02 Å². The van der Waals surface area contributed by atoms with Crippen molar-refractivity contribution < 1.29 is 14.4 Å². The SMILES string of the molecule is C=CCN(Cc1ccccc1Cl)C(=O)C[C@@H]1C(=O)N(C)C(=O)N1C. The molecule has 0 aliphatic carbocycles. The molecule has 128 valence electrons. The van der Waals surface area contributed by atoms with E-state index in [1.54, 1.807) is 17.0 Å². The first kappa shape index (κ1) is 18.0.